The monoisotopic (exact) mass is 295 g/mol. The predicted octanol–water partition coefficient (Wildman–Crippen LogP) is 4.68. The normalized spacial score (nSPS) is 20.2. The van der Waals surface area contributed by atoms with Crippen LogP contribution in [-0.4, -0.2) is 24.5 Å². The van der Waals surface area contributed by atoms with Crippen molar-refractivity contribution in [3.8, 4) is 0 Å². The van der Waals surface area contributed by atoms with Crippen molar-refractivity contribution < 1.29 is 4.42 Å². The number of furan rings is 1. The summed E-state index contributed by atoms with van der Waals surface area (Å²) < 4.78 is 6.06. The van der Waals surface area contributed by atoms with Crippen LogP contribution in [0.3, 0.4) is 0 Å². The molecule has 1 saturated heterocycles. The summed E-state index contributed by atoms with van der Waals surface area (Å²) in [5.74, 6) is 1.96. The van der Waals surface area contributed by atoms with Gasteiger partial charge in [0, 0.05) is 23.9 Å². The van der Waals surface area contributed by atoms with E-state index < -0.39 is 0 Å². The van der Waals surface area contributed by atoms with Crippen LogP contribution in [0.1, 0.15) is 48.5 Å². The minimum absolute atomic E-state index is 0.708. The standard InChI is InChI=1S/C20H25NO/c1-2-11-21-12-9-15(10-13-21)16-7-8-20-18(14-16)17-5-3-4-6-19(17)22-20/h2,7-8,14-15H,1,3-6,9-13H2. The van der Waals surface area contributed by atoms with E-state index >= 15 is 0 Å². The maximum absolute atomic E-state index is 6.06. The molecular formula is C20H25NO. The Kier molecular flexibility index (Phi) is 3.79. The Balaban J connectivity index is 1.59. The Morgan fingerprint density at radius 1 is 1.18 bits per heavy atom. The van der Waals surface area contributed by atoms with Crippen LogP contribution in [0.2, 0.25) is 0 Å². The van der Waals surface area contributed by atoms with Crippen LogP contribution in [0.5, 0.6) is 0 Å². The van der Waals surface area contributed by atoms with Crippen LogP contribution in [0.4, 0.5) is 0 Å². The summed E-state index contributed by atoms with van der Waals surface area (Å²) in [5.41, 5.74) is 4.10. The molecule has 1 fully saturated rings. The highest BCUT2D eigenvalue weighted by Crippen LogP contribution is 2.35. The lowest BCUT2D eigenvalue weighted by atomic mass is 9.87. The fourth-order valence-electron chi connectivity index (χ4n) is 4.17. The molecule has 116 valence electrons. The van der Waals surface area contributed by atoms with E-state index in [9.17, 15) is 0 Å². The summed E-state index contributed by atoms with van der Waals surface area (Å²) in [6.45, 7) is 7.26. The zero-order chi connectivity index (χ0) is 14.9. The molecule has 4 rings (SSSR count). The van der Waals surface area contributed by atoms with E-state index in [1.165, 1.54) is 67.5 Å². The van der Waals surface area contributed by atoms with Gasteiger partial charge >= 0.3 is 0 Å². The molecule has 1 aromatic carbocycles. The number of likely N-dealkylation sites (tertiary alicyclic amines) is 1. The van der Waals surface area contributed by atoms with Gasteiger partial charge in [0.1, 0.15) is 11.3 Å². The zero-order valence-electron chi connectivity index (χ0n) is 13.3. The molecular weight excluding hydrogens is 270 g/mol. The summed E-state index contributed by atoms with van der Waals surface area (Å²) in [6, 6.07) is 6.93. The van der Waals surface area contributed by atoms with E-state index in [0.29, 0.717) is 5.92 Å². The molecule has 2 heterocycles. The van der Waals surface area contributed by atoms with Gasteiger partial charge in [0.15, 0.2) is 0 Å². The second kappa shape index (κ2) is 5.92. The first-order chi connectivity index (χ1) is 10.8. The number of piperidine rings is 1. The summed E-state index contributed by atoms with van der Waals surface area (Å²) in [4.78, 5) is 2.50. The molecule has 1 aliphatic carbocycles. The van der Waals surface area contributed by atoms with E-state index in [1.807, 2.05) is 6.08 Å². The Labute approximate surface area is 132 Å². The van der Waals surface area contributed by atoms with Gasteiger partial charge in [0.05, 0.1) is 0 Å². The van der Waals surface area contributed by atoms with E-state index in [-0.39, 0.29) is 0 Å². The van der Waals surface area contributed by atoms with E-state index in [0.717, 1.165) is 18.5 Å². The number of fused-ring (bicyclic) bond motifs is 3. The summed E-state index contributed by atoms with van der Waals surface area (Å²) in [5, 5.41) is 1.39. The lowest BCUT2D eigenvalue weighted by Crippen LogP contribution is -2.32. The minimum atomic E-state index is 0.708. The van der Waals surface area contributed by atoms with Crippen molar-refractivity contribution in [1.29, 1.82) is 0 Å². The second-order valence-corrected chi connectivity index (χ2v) is 6.83. The van der Waals surface area contributed by atoms with Gasteiger partial charge in [-0.25, -0.2) is 0 Å². The number of benzene rings is 1. The van der Waals surface area contributed by atoms with Gasteiger partial charge in [-0.2, -0.15) is 0 Å². The van der Waals surface area contributed by atoms with Crippen molar-refractivity contribution in [1.82, 2.24) is 4.90 Å². The smallest absolute Gasteiger partial charge is 0.134 e. The molecule has 0 spiro atoms. The highest BCUT2D eigenvalue weighted by Gasteiger charge is 2.22. The average Bonchev–Trinajstić information content (AvgIpc) is 2.94. The first-order valence-corrected chi connectivity index (χ1v) is 8.72. The van der Waals surface area contributed by atoms with Gasteiger partial charge in [0.2, 0.25) is 0 Å². The molecule has 1 aromatic heterocycles. The molecule has 22 heavy (non-hydrogen) atoms. The molecule has 0 saturated carbocycles. The highest BCUT2D eigenvalue weighted by atomic mass is 16.3. The fraction of sp³-hybridized carbons (Fsp3) is 0.500. The van der Waals surface area contributed by atoms with Crippen molar-refractivity contribution in [2.75, 3.05) is 19.6 Å². The first kappa shape index (κ1) is 14.1. The van der Waals surface area contributed by atoms with Crippen LogP contribution in [0, 0.1) is 0 Å². The predicted molar refractivity (Wildman–Crippen MR) is 91.5 cm³/mol. The zero-order valence-corrected chi connectivity index (χ0v) is 13.3. The van der Waals surface area contributed by atoms with Gasteiger partial charge < -0.3 is 4.42 Å². The topological polar surface area (TPSA) is 16.4 Å². The van der Waals surface area contributed by atoms with Crippen molar-refractivity contribution in [2.24, 2.45) is 0 Å². The lowest BCUT2D eigenvalue weighted by Gasteiger charge is -2.31. The highest BCUT2D eigenvalue weighted by molar-refractivity contribution is 5.83. The van der Waals surface area contributed by atoms with Gasteiger partial charge in [-0.3, -0.25) is 4.90 Å². The summed E-state index contributed by atoms with van der Waals surface area (Å²) in [7, 11) is 0. The summed E-state index contributed by atoms with van der Waals surface area (Å²) in [6.07, 6.45) is 9.46. The van der Waals surface area contributed by atoms with Gasteiger partial charge in [-0.05, 0) is 68.8 Å². The van der Waals surface area contributed by atoms with Crippen LogP contribution >= 0.6 is 0 Å². The van der Waals surface area contributed by atoms with Crippen LogP contribution in [0.25, 0.3) is 11.0 Å². The van der Waals surface area contributed by atoms with Crippen LogP contribution < -0.4 is 0 Å². The molecule has 0 unspecified atom stereocenters. The largest absolute Gasteiger partial charge is 0.461 e. The third-order valence-corrected chi connectivity index (χ3v) is 5.43. The molecule has 0 atom stereocenters. The number of nitrogens with zero attached hydrogens (tertiary/aromatic N) is 1. The molecule has 0 radical (unpaired) electrons. The SMILES string of the molecule is C=CCN1CCC(c2ccc3oc4c(c3c2)CCCC4)CC1. The number of hydrogen-bond acceptors (Lipinski definition) is 2. The molecule has 0 N–H and O–H groups in total. The Morgan fingerprint density at radius 3 is 2.82 bits per heavy atom. The Hall–Kier alpha value is -1.54. The third-order valence-electron chi connectivity index (χ3n) is 5.43. The van der Waals surface area contributed by atoms with Gasteiger partial charge in [-0.15, -0.1) is 6.58 Å². The molecule has 2 nitrogen and oxygen atoms in total. The summed E-state index contributed by atoms with van der Waals surface area (Å²) >= 11 is 0. The van der Waals surface area contributed by atoms with Crippen molar-refractivity contribution in [3.63, 3.8) is 0 Å². The van der Waals surface area contributed by atoms with E-state index in [4.69, 9.17) is 4.42 Å². The van der Waals surface area contributed by atoms with E-state index in [2.05, 4.69) is 29.7 Å². The maximum atomic E-state index is 6.06. The lowest BCUT2D eigenvalue weighted by molar-refractivity contribution is 0.233. The minimum Gasteiger partial charge on any atom is -0.461 e. The third kappa shape index (κ3) is 2.50. The van der Waals surface area contributed by atoms with Crippen LogP contribution in [-0.2, 0) is 12.8 Å². The van der Waals surface area contributed by atoms with Crippen molar-refractivity contribution >= 4 is 11.0 Å². The molecule has 2 heteroatoms. The molecule has 0 amide bonds. The number of aryl methyl sites for hydroxylation is 2. The molecule has 1 aliphatic heterocycles. The second-order valence-electron chi connectivity index (χ2n) is 6.83. The van der Waals surface area contributed by atoms with E-state index in [1.54, 1.807) is 0 Å². The van der Waals surface area contributed by atoms with Gasteiger partial charge in [-0.1, -0.05) is 12.1 Å². The molecule has 2 aromatic rings. The number of hydrogen-bond donors (Lipinski definition) is 0. The van der Waals surface area contributed by atoms with Crippen molar-refractivity contribution in [3.05, 3.63) is 47.7 Å². The quantitative estimate of drug-likeness (QED) is 0.765. The van der Waals surface area contributed by atoms with Crippen LogP contribution in [0.15, 0.2) is 35.3 Å². The average molecular weight is 295 g/mol. The van der Waals surface area contributed by atoms with Gasteiger partial charge in [0.25, 0.3) is 0 Å². The fourth-order valence-corrected chi connectivity index (χ4v) is 4.17. The molecule has 0 bridgehead atoms. The molecule has 2 aliphatic rings. The first-order valence-electron chi connectivity index (χ1n) is 8.72. The maximum Gasteiger partial charge on any atom is 0.134 e. The Bertz CT molecular complexity index is 676. The Morgan fingerprint density at radius 2 is 2.00 bits per heavy atom. The van der Waals surface area contributed by atoms with Crippen molar-refractivity contribution in [2.45, 2.75) is 44.4 Å². The number of rotatable bonds is 3.